The molecule has 98 valence electrons. The minimum Gasteiger partial charge on any atom is -0.479 e. The lowest BCUT2D eigenvalue weighted by molar-refractivity contribution is -0.138. The van der Waals surface area contributed by atoms with E-state index in [9.17, 15) is 9.90 Å². The summed E-state index contributed by atoms with van der Waals surface area (Å²) in [7, 11) is 0. The molecule has 1 unspecified atom stereocenters. The second-order valence-corrected chi connectivity index (χ2v) is 4.60. The molecule has 0 spiro atoms. The van der Waals surface area contributed by atoms with Crippen LogP contribution in [0.15, 0.2) is 47.8 Å². The predicted molar refractivity (Wildman–Crippen MR) is 74.3 cm³/mol. The van der Waals surface area contributed by atoms with Crippen LogP contribution in [0.3, 0.4) is 0 Å². The lowest BCUT2D eigenvalue weighted by Gasteiger charge is -2.15. The first-order valence-electron chi connectivity index (χ1n) is 5.61. The maximum atomic E-state index is 11.3. The molecule has 2 N–H and O–H groups in total. The molecule has 0 aliphatic heterocycles. The van der Waals surface area contributed by atoms with Gasteiger partial charge in [0.25, 0.3) is 0 Å². The number of benzene rings is 1. The van der Waals surface area contributed by atoms with Crippen LogP contribution >= 0.6 is 11.8 Å². The van der Waals surface area contributed by atoms with E-state index in [4.69, 9.17) is 0 Å². The summed E-state index contributed by atoms with van der Waals surface area (Å²) < 4.78 is 0. The number of thioether (sulfide) groups is 1. The van der Waals surface area contributed by atoms with Gasteiger partial charge in [0, 0.05) is 6.07 Å². The molecule has 0 amide bonds. The van der Waals surface area contributed by atoms with Crippen molar-refractivity contribution in [3.63, 3.8) is 0 Å². The molecule has 0 aliphatic rings. The highest BCUT2D eigenvalue weighted by molar-refractivity contribution is 7.98. The lowest BCUT2D eigenvalue weighted by Crippen LogP contribution is -2.21. The normalized spacial score (nSPS) is 11.8. The molecule has 6 heteroatoms. The molecule has 0 saturated carbocycles. The highest BCUT2D eigenvalue weighted by atomic mass is 32.2. The smallest absolute Gasteiger partial charge is 0.330 e. The van der Waals surface area contributed by atoms with Gasteiger partial charge in [-0.2, -0.15) is 0 Å². The highest BCUT2D eigenvalue weighted by Crippen LogP contribution is 2.20. The molecule has 1 aromatic carbocycles. The Morgan fingerprint density at radius 2 is 2.05 bits per heavy atom. The summed E-state index contributed by atoms with van der Waals surface area (Å²) >= 11 is 1.48. The van der Waals surface area contributed by atoms with Gasteiger partial charge in [-0.15, -0.1) is 11.8 Å². The molecule has 2 aromatic rings. The van der Waals surface area contributed by atoms with E-state index >= 15 is 0 Å². The first kappa shape index (κ1) is 13.4. The van der Waals surface area contributed by atoms with E-state index in [1.807, 2.05) is 12.3 Å². The third-order valence-electron chi connectivity index (χ3n) is 2.52. The first-order valence-corrected chi connectivity index (χ1v) is 6.83. The average Bonchev–Trinajstić information content (AvgIpc) is 2.45. The number of carbonyl (C=O) groups is 1. The van der Waals surface area contributed by atoms with Gasteiger partial charge in [0.1, 0.15) is 17.2 Å². The Kier molecular flexibility index (Phi) is 4.35. The van der Waals surface area contributed by atoms with E-state index < -0.39 is 12.0 Å². The molecular weight excluding hydrogens is 262 g/mol. The second-order valence-electron chi connectivity index (χ2n) is 3.77. The molecule has 19 heavy (non-hydrogen) atoms. The quantitative estimate of drug-likeness (QED) is 0.645. The summed E-state index contributed by atoms with van der Waals surface area (Å²) in [5, 5.41) is 13.0. The fraction of sp³-hybridized carbons (Fsp3) is 0.154. The van der Waals surface area contributed by atoms with Crippen LogP contribution in [0.1, 0.15) is 11.6 Å². The number of carboxylic acid groups (broad SMARTS) is 1. The summed E-state index contributed by atoms with van der Waals surface area (Å²) in [6.07, 6.45) is 3.32. The molecule has 1 atom stereocenters. The minimum absolute atomic E-state index is 0.496. The average molecular weight is 275 g/mol. The third kappa shape index (κ3) is 3.45. The van der Waals surface area contributed by atoms with Gasteiger partial charge in [0.15, 0.2) is 6.04 Å². The fourth-order valence-corrected chi connectivity index (χ4v) is 1.99. The van der Waals surface area contributed by atoms with Crippen LogP contribution in [-0.4, -0.2) is 27.3 Å². The van der Waals surface area contributed by atoms with Crippen molar-refractivity contribution in [3.8, 4) is 0 Å². The third-order valence-corrected chi connectivity index (χ3v) is 3.16. The van der Waals surface area contributed by atoms with Gasteiger partial charge in [0.05, 0.1) is 0 Å². The maximum absolute atomic E-state index is 11.3. The van der Waals surface area contributed by atoms with Gasteiger partial charge >= 0.3 is 5.97 Å². The van der Waals surface area contributed by atoms with Gasteiger partial charge < -0.3 is 10.4 Å². The van der Waals surface area contributed by atoms with E-state index in [1.165, 1.54) is 18.1 Å². The minimum atomic E-state index is -0.949. The van der Waals surface area contributed by atoms with Gasteiger partial charge in [-0.3, -0.25) is 0 Å². The molecule has 0 fully saturated rings. The van der Waals surface area contributed by atoms with E-state index in [-0.39, 0.29) is 0 Å². The van der Waals surface area contributed by atoms with E-state index in [0.29, 0.717) is 11.4 Å². The molecule has 1 aromatic heterocycles. The van der Waals surface area contributed by atoms with Gasteiger partial charge in [-0.05, 0) is 11.8 Å². The zero-order chi connectivity index (χ0) is 13.7. The number of anilines is 1. The topological polar surface area (TPSA) is 75.1 Å². The zero-order valence-electron chi connectivity index (χ0n) is 10.3. The van der Waals surface area contributed by atoms with Crippen molar-refractivity contribution in [1.82, 2.24) is 9.97 Å². The molecule has 0 radical (unpaired) electrons. The van der Waals surface area contributed by atoms with Crippen molar-refractivity contribution < 1.29 is 9.90 Å². The lowest BCUT2D eigenvalue weighted by atomic mass is 10.1. The second kappa shape index (κ2) is 6.19. The Bertz CT molecular complexity index is 563. The summed E-state index contributed by atoms with van der Waals surface area (Å²) in [5.41, 5.74) is 0.680. The molecular formula is C13H13N3O2S. The number of nitrogens with zero attached hydrogens (tertiary/aromatic N) is 2. The predicted octanol–water partition coefficient (Wildman–Crippen LogP) is 2.44. The SMILES string of the molecule is CSc1cc(NC(C(=O)O)c2ccccc2)ncn1. The summed E-state index contributed by atoms with van der Waals surface area (Å²) in [5.74, 6) is -0.453. The molecule has 0 aliphatic carbocycles. The number of hydrogen-bond donors (Lipinski definition) is 2. The van der Waals surface area contributed by atoms with Crippen molar-refractivity contribution in [1.29, 1.82) is 0 Å². The monoisotopic (exact) mass is 275 g/mol. The van der Waals surface area contributed by atoms with Crippen LogP contribution in [0.25, 0.3) is 0 Å². The number of aliphatic carboxylic acids is 1. The number of aromatic nitrogens is 2. The van der Waals surface area contributed by atoms with Crippen LogP contribution in [0.2, 0.25) is 0 Å². The standard InChI is InChI=1S/C13H13N3O2S/c1-19-11-7-10(14-8-15-11)16-12(13(17)18)9-5-3-2-4-6-9/h2-8,12H,1H3,(H,17,18)(H,14,15,16). The zero-order valence-corrected chi connectivity index (χ0v) is 11.1. The van der Waals surface area contributed by atoms with Gasteiger partial charge in [-0.25, -0.2) is 14.8 Å². The van der Waals surface area contributed by atoms with Crippen molar-refractivity contribution in [2.24, 2.45) is 0 Å². The Balaban J connectivity index is 2.24. The van der Waals surface area contributed by atoms with Crippen LogP contribution < -0.4 is 5.32 Å². The van der Waals surface area contributed by atoms with E-state index in [1.54, 1.807) is 30.3 Å². The van der Waals surface area contributed by atoms with Crippen molar-refractivity contribution in [2.75, 3.05) is 11.6 Å². The summed E-state index contributed by atoms with van der Waals surface area (Å²) in [6.45, 7) is 0. The van der Waals surface area contributed by atoms with Crippen LogP contribution in [0.4, 0.5) is 5.82 Å². The van der Waals surface area contributed by atoms with Crippen molar-refractivity contribution >= 4 is 23.5 Å². The number of rotatable bonds is 5. The number of carboxylic acids is 1. The van der Waals surface area contributed by atoms with Crippen molar-refractivity contribution in [2.45, 2.75) is 11.1 Å². The Hall–Kier alpha value is -2.08. The molecule has 1 heterocycles. The van der Waals surface area contributed by atoms with E-state index in [2.05, 4.69) is 15.3 Å². The fourth-order valence-electron chi connectivity index (χ4n) is 1.61. The molecule has 2 rings (SSSR count). The van der Waals surface area contributed by atoms with Gasteiger partial charge in [-0.1, -0.05) is 30.3 Å². The maximum Gasteiger partial charge on any atom is 0.330 e. The van der Waals surface area contributed by atoms with Crippen LogP contribution in [-0.2, 0) is 4.79 Å². The summed E-state index contributed by atoms with van der Waals surface area (Å²) in [6, 6.07) is 9.89. The number of hydrogen-bond acceptors (Lipinski definition) is 5. The van der Waals surface area contributed by atoms with Crippen molar-refractivity contribution in [3.05, 3.63) is 48.3 Å². The van der Waals surface area contributed by atoms with E-state index in [0.717, 1.165) is 5.03 Å². The van der Waals surface area contributed by atoms with Gasteiger partial charge in [0.2, 0.25) is 0 Å². The highest BCUT2D eigenvalue weighted by Gasteiger charge is 2.19. The molecule has 5 nitrogen and oxygen atoms in total. The summed E-state index contributed by atoms with van der Waals surface area (Å²) in [4.78, 5) is 19.4. The Morgan fingerprint density at radius 1 is 1.32 bits per heavy atom. The van der Waals surface area contributed by atoms with Crippen LogP contribution in [0, 0.1) is 0 Å². The van der Waals surface area contributed by atoms with Crippen LogP contribution in [0.5, 0.6) is 0 Å². The Morgan fingerprint density at radius 3 is 2.68 bits per heavy atom. The Labute approximate surface area is 115 Å². The first-order chi connectivity index (χ1) is 9.20. The molecule has 0 bridgehead atoms. The largest absolute Gasteiger partial charge is 0.479 e. The number of nitrogens with one attached hydrogen (secondary N) is 1. The molecule has 0 saturated heterocycles.